The summed E-state index contributed by atoms with van der Waals surface area (Å²) in [5, 5.41) is 9.15. The lowest BCUT2D eigenvalue weighted by Gasteiger charge is -2.25. The molecule has 0 aromatic heterocycles. The summed E-state index contributed by atoms with van der Waals surface area (Å²) in [6, 6.07) is 15.2. The molecule has 0 heterocycles. The molecule has 0 spiro atoms. The average molecular weight is 757 g/mol. The van der Waals surface area contributed by atoms with Gasteiger partial charge in [-0.15, -0.1) is 35.3 Å². The van der Waals surface area contributed by atoms with Crippen molar-refractivity contribution in [2.24, 2.45) is 21.7 Å². The zero-order chi connectivity index (χ0) is 38.6. The number of unbranched alkanes of at least 4 members (excludes halogenated alkanes) is 1. The minimum absolute atomic E-state index is 0. The van der Waals surface area contributed by atoms with Gasteiger partial charge in [0, 0.05) is 26.4 Å². The van der Waals surface area contributed by atoms with Crippen LogP contribution in [0.1, 0.15) is 148 Å². The van der Waals surface area contributed by atoms with Crippen LogP contribution in [0.5, 0.6) is 0 Å². The first-order chi connectivity index (χ1) is 23.0. The zero-order valence-electron chi connectivity index (χ0n) is 33.2. The van der Waals surface area contributed by atoms with Gasteiger partial charge in [-0.3, -0.25) is 9.59 Å². The van der Waals surface area contributed by atoms with Crippen LogP contribution in [0.15, 0.2) is 73.2 Å². The van der Waals surface area contributed by atoms with Crippen molar-refractivity contribution in [3.63, 3.8) is 0 Å². The molecule has 0 radical (unpaired) electrons. The highest BCUT2D eigenvalue weighted by Crippen LogP contribution is 2.35. The fourth-order valence-electron chi connectivity index (χ4n) is 3.86. The Kier molecular flexibility index (Phi) is 25.2. The van der Waals surface area contributed by atoms with Crippen LogP contribution in [0.2, 0.25) is 0 Å². The van der Waals surface area contributed by atoms with Crippen molar-refractivity contribution in [1.29, 1.82) is 0 Å². The second kappa shape index (κ2) is 25.1. The molecule has 0 amide bonds. The lowest BCUT2D eigenvalue weighted by molar-refractivity contribution is 0.111. The second-order valence-electron chi connectivity index (χ2n) is 17.0. The molecule has 2 aromatic carbocycles. The molecule has 0 aliphatic rings. The molecular formula is C45H72O3S3. The Balaban J connectivity index is 0. The van der Waals surface area contributed by atoms with Crippen molar-refractivity contribution in [2.75, 3.05) is 23.9 Å². The first-order valence-electron chi connectivity index (χ1n) is 17.7. The summed E-state index contributed by atoms with van der Waals surface area (Å²) < 4.78 is 0. The van der Waals surface area contributed by atoms with E-state index in [1.807, 2.05) is 74.1 Å². The molecule has 1 N–H and O–H groups in total. The molecule has 51 heavy (non-hydrogen) atoms. The summed E-state index contributed by atoms with van der Waals surface area (Å²) in [5.41, 5.74) is 4.69. The number of thioether (sulfide) groups is 3. The minimum Gasteiger partial charge on any atom is -0.395 e. The summed E-state index contributed by atoms with van der Waals surface area (Å²) in [4.78, 5) is 24.4. The molecule has 288 valence electrons. The lowest BCUT2D eigenvalue weighted by Crippen LogP contribution is -2.18. The highest BCUT2D eigenvalue weighted by Gasteiger charge is 2.21. The van der Waals surface area contributed by atoms with Crippen LogP contribution in [-0.2, 0) is 0 Å². The van der Waals surface area contributed by atoms with Crippen LogP contribution in [-0.4, -0.2) is 41.5 Å². The SMILES string of the molecule is C.C=C(SCCC(C)(C)C)C(C)(C)CO.C=C(SCCC(C)(C)C)c1ccc(C=O)cc1.C=C(SCCCCC(C)(C)C)c1ccc(C=O)cc1. The monoisotopic (exact) mass is 756 g/mol. The number of aliphatic hydroxyl groups excluding tert-OH is 1. The van der Waals surface area contributed by atoms with Gasteiger partial charge < -0.3 is 5.11 Å². The van der Waals surface area contributed by atoms with Crippen LogP contribution in [0.3, 0.4) is 0 Å². The first-order valence-corrected chi connectivity index (χ1v) is 20.7. The second-order valence-corrected chi connectivity index (χ2v) is 20.5. The Morgan fingerprint density at radius 1 is 0.569 bits per heavy atom. The van der Waals surface area contributed by atoms with Crippen LogP contribution in [0.25, 0.3) is 9.81 Å². The normalized spacial score (nSPS) is 11.5. The molecule has 2 rings (SSSR count). The lowest BCUT2D eigenvalue weighted by atomic mass is 9.90. The molecule has 6 heteroatoms. The number of hydrogen-bond acceptors (Lipinski definition) is 6. The molecule has 0 saturated heterocycles. The number of carbonyl (C=O) groups is 2. The van der Waals surface area contributed by atoms with E-state index in [4.69, 9.17) is 5.11 Å². The molecule has 0 atom stereocenters. The number of aldehydes is 2. The maximum absolute atomic E-state index is 10.6. The molecular weight excluding hydrogens is 685 g/mol. The predicted molar refractivity (Wildman–Crippen MR) is 237 cm³/mol. The topological polar surface area (TPSA) is 54.4 Å². The minimum atomic E-state index is -0.150. The summed E-state index contributed by atoms with van der Waals surface area (Å²) >= 11 is 5.38. The van der Waals surface area contributed by atoms with Crippen molar-refractivity contribution >= 4 is 57.7 Å². The van der Waals surface area contributed by atoms with Crippen molar-refractivity contribution in [1.82, 2.24) is 0 Å². The van der Waals surface area contributed by atoms with Gasteiger partial charge >= 0.3 is 0 Å². The van der Waals surface area contributed by atoms with E-state index in [2.05, 4.69) is 82.1 Å². The van der Waals surface area contributed by atoms with Gasteiger partial charge in [0.05, 0.1) is 6.61 Å². The maximum atomic E-state index is 10.6. The van der Waals surface area contributed by atoms with Gasteiger partial charge in [-0.05, 0) is 75.2 Å². The van der Waals surface area contributed by atoms with Crippen LogP contribution in [0.4, 0.5) is 0 Å². The standard InChI is InChI=1S/C17H24OS.C15H20OS.C12H24OS.CH4/c1-14(16-9-7-15(13-18)8-10-16)19-12-6-5-11-17(2,3)4;1-12(17-10-9-15(2,3)4)14-7-5-13(11-16)6-8-14;1-10(12(5,6)9-13)14-8-7-11(2,3)4;/h7-10,13H,1,5-6,11-12H2,2-4H3;5-8,11H,1,9-10H2,2-4H3;13H,1,7-9H2,2-6H3;1H4. The largest absolute Gasteiger partial charge is 0.395 e. The number of hydrogen-bond donors (Lipinski definition) is 1. The Morgan fingerprint density at radius 3 is 1.25 bits per heavy atom. The highest BCUT2D eigenvalue weighted by molar-refractivity contribution is 8.08. The molecule has 0 bridgehead atoms. The average Bonchev–Trinajstić information content (AvgIpc) is 3.03. The Bertz CT molecular complexity index is 1300. The van der Waals surface area contributed by atoms with Crippen molar-refractivity contribution in [3.05, 3.63) is 95.4 Å². The van der Waals surface area contributed by atoms with Crippen molar-refractivity contribution in [2.45, 2.75) is 116 Å². The number of rotatable bonds is 17. The maximum Gasteiger partial charge on any atom is 0.150 e. The van der Waals surface area contributed by atoms with Crippen LogP contribution < -0.4 is 0 Å². The third-order valence-corrected chi connectivity index (χ3v) is 11.1. The van der Waals surface area contributed by atoms with E-state index >= 15 is 0 Å². The summed E-state index contributed by atoms with van der Waals surface area (Å²) in [6.45, 7) is 36.7. The molecule has 3 nitrogen and oxygen atoms in total. The highest BCUT2D eigenvalue weighted by atomic mass is 32.2. The van der Waals surface area contributed by atoms with E-state index in [-0.39, 0.29) is 19.4 Å². The molecule has 0 aliphatic carbocycles. The summed E-state index contributed by atoms with van der Waals surface area (Å²) in [6.07, 6.45) is 7.85. The van der Waals surface area contributed by atoms with E-state index in [1.54, 1.807) is 23.5 Å². The van der Waals surface area contributed by atoms with E-state index < -0.39 is 0 Å². The molecule has 0 fully saturated rings. The molecule has 0 aliphatic heterocycles. The Hall–Kier alpha value is -1.99. The van der Waals surface area contributed by atoms with Crippen molar-refractivity contribution < 1.29 is 14.7 Å². The van der Waals surface area contributed by atoms with Gasteiger partial charge in [0.15, 0.2) is 0 Å². The number of aliphatic hydroxyl groups is 1. The smallest absolute Gasteiger partial charge is 0.150 e. The van der Waals surface area contributed by atoms with Gasteiger partial charge in [0.2, 0.25) is 0 Å². The zero-order valence-corrected chi connectivity index (χ0v) is 35.7. The summed E-state index contributed by atoms with van der Waals surface area (Å²) in [7, 11) is 0. The third-order valence-electron chi connectivity index (χ3n) is 7.74. The molecule has 2 aromatic rings. The van der Waals surface area contributed by atoms with Gasteiger partial charge in [0.25, 0.3) is 0 Å². The summed E-state index contributed by atoms with van der Waals surface area (Å²) in [5.74, 6) is 3.29. The molecule has 0 saturated carbocycles. The molecule has 0 unspecified atom stereocenters. The first kappa shape index (κ1) is 51.1. The quantitative estimate of drug-likeness (QED) is 0.128. The third kappa shape index (κ3) is 26.4. The van der Waals surface area contributed by atoms with E-state index in [9.17, 15) is 9.59 Å². The fourth-order valence-corrected chi connectivity index (χ4v) is 7.44. The van der Waals surface area contributed by atoms with E-state index in [1.165, 1.54) is 32.1 Å². The fraction of sp³-hybridized carbons (Fsp3) is 0.556. The van der Waals surface area contributed by atoms with Crippen molar-refractivity contribution in [3.8, 4) is 0 Å². The van der Waals surface area contributed by atoms with E-state index in [0.29, 0.717) is 27.4 Å². The predicted octanol–water partition coefficient (Wildman–Crippen LogP) is 14.4. The Labute approximate surface area is 327 Å². The van der Waals surface area contributed by atoms with Gasteiger partial charge in [0.1, 0.15) is 12.6 Å². The number of carbonyl (C=O) groups excluding carboxylic acids is 2. The van der Waals surface area contributed by atoms with Crippen LogP contribution >= 0.6 is 35.3 Å². The van der Waals surface area contributed by atoms with Gasteiger partial charge in [-0.2, -0.15) is 0 Å². The Morgan fingerprint density at radius 2 is 0.922 bits per heavy atom. The van der Waals surface area contributed by atoms with Crippen LogP contribution in [0, 0.1) is 21.7 Å². The van der Waals surface area contributed by atoms with Gasteiger partial charge in [-0.25, -0.2) is 0 Å². The van der Waals surface area contributed by atoms with Gasteiger partial charge in [-0.1, -0.05) is 158 Å². The van der Waals surface area contributed by atoms with E-state index in [0.717, 1.165) is 55.7 Å². The number of benzene rings is 2.